The summed E-state index contributed by atoms with van der Waals surface area (Å²) < 4.78 is 69.8. The summed E-state index contributed by atoms with van der Waals surface area (Å²) in [5.41, 5.74) is 0. The van der Waals surface area contributed by atoms with Gasteiger partial charge in [-0.1, -0.05) is 0 Å². The Morgan fingerprint density at radius 1 is 1.14 bits per heavy atom. The van der Waals surface area contributed by atoms with E-state index in [9.17, 15) is 22.0 Å². The topological polar surface area (TPSA) is 18.5 Å². The Morgan fingerprint density at radius 2 is 1.79 bits per heavy atom. The van der Waals surface area contributed by atoms with E-state index in [-0.39, 0.29) is 19.8 Å². The maximum atomic E-state index is 12.9. The van der Waals surface area contributed by atoms with Gasteiger partial charge < -0.3 is 9.47 Å². The van der Waals surface area contributed by atoms with Crippen molar-refractivity contribution in [1.82, 2.24) is 0 Å². The Morgan fingerprint density at radius 3 is 2.21 bits per heavy atom. The highest BCUT2D eigenvalue weighted by Crippen LogP contribution is 2.29. The smallest absolute Gasteiger partial charge is 0.376 e. The molecule has 0 aromatic heterocycles. The SMILES string of the molecule is FC(C1COCCO1)C(F)C(F)(F)F. The van der Waals surface area contributed by atoms with Gasteiger partial charge in [0.25, 0.3) is 0 Å². The molecule has 0 aromatic rings. The lowest BCUT2D eigenvalue weighted by Crippen LogP contribution is -2.46. The summed E-state index contributed by atoms with van der Waals surface area (Å²) in [7, 11) is 0. The summed E-state index contributed by atoms with van der Waals surface area (Å²) in [6, 6.07) is 0. The monoisotopic (exact) mass is 220 g/mol. The highest BCUT2D eigenvalue weighted by Gasteiger charge is 2.49. The van der Waals surface area contributed by atoms with E-state index < -0.39 is 24.6 Å². The summed E-state index contributed by atoms with van der Waals surface area (Å²) in [4.78, 5) is 0. The van der Waals surface area contributed by atoms with Crippen molar-refractivity contribution in [2.45, 2.75) is 24.6 Å². The molecular weight excluding hydrogens is 211 g/mol. The summed E-state index contributed by atoms with van der Waals surface area (Å²) in [6.45, 7) is -0.181. The quantitative estimate of drug-likeness (QED) is 0.658. The molecule has 7 heteroatoms. The zero-order valence-electron chi connectivity index (χ0n) is 7.06. The standard InChI is InChI=1S/C7H9F5O2/c8-5(6(9)7(10,11)12)4-3-13-1-2-14-4/h4-6H,1-3H2. The molecule has 1 rings (SSSR count). The number of rotatable bonds is 2. The van der Waals surface area contributed by atoms with Crippen molar-refractivity contribution in [1.29, 1.82) is 0 Å². The molecule has 14 heavy (non-hydrogen) atoms. The van der Waals surface area contributed by atoms with Gasteiger partial charge in [0, 0.05) is 0 Å². The number of hydrogen-bond donors (Lipinski definition) is 0. The lowest BCUT2D eigenvalue weighted by Gasteiger charge is -2.28. The lowest BCUT2D eigenvalue weighted by molar-refractivity contribution is -0.219. The average Bonchev–Trinajstić information content (AvgIpc) is 2.15. The number of ether oxygens (including phenoxy) is 2. The van der Waals surface area contributed by atoms with Crippen LogP contribution < -0.4 is 0 Å². The van der Waals surface area contributed by atoms with Crippen molar-refractivity contribution in [3.63, 3.8) is 0 Å². The molecule has 0 aromatic carbocycles. The van der Waals surface area contributed by atoms with Crippen LogP contribution >= 0.6 is 0 Å². The van der Waals surface area contributed by atoms with Crippen LogP contribution in [0, 0.1) is 0 Å². The molecule has 1 saturated heterocycles. The second kappa shape index (κ2) is 4.39. The van der Waals surface area contributed by atoms with Crippen LogP contribution in [0.15, 0.2) is 0 Å². The van der Waals surface area contributed by atoms with Crippen LogP contribution in [-0.2, 0) is 9.47 Å². The van der Waals surface area contributed by atoms with Gasteiger partial charge in [-0.15, -0.1) is 0 Å². The van der Waals surface area contributed by atoms with Gasteiger partial charge in [0.05, 0.1) is 19.8 Å². The van der Waals surface area contributed by atoms with Crippen LogP contribution in [0.5, 0.6) is 0 Å². The maximum Gasteiger partial charge on any atom is 0.422 e. The van der Waals surface area contributed by atoms with Crippen LogP contribution in [0.2, 0.25) is 0 Å². The Labute approximate surface area is 77.0 Å². The predicted molar refractivity (Wildman–Crippen MR) is 36.4 cm³/mol. The van der Waals surface area contributed by atoms with E-state index in [4.69, 9.17) is 0 Å². The molecule has 0 saturated carbocycles. The Kier molecular flexibility index (Phi) is 3.65. The van der Waals surface area contributed by atoms with Gasteiger partial charge >= 0.3 is 6.18 Å². The first-order valence-corrected chi connectivity index (χ1v) is 3.97. The van der Waals surface area contributed by atoms with Crippen LogP contribution in [0.4, 0.5) is 22.0 Å². The van der Waals surface area contributed by atoms with Gasteiger partial charge in [-0.05, 0) is 0 Å². The van der Waals surface area contributed by atoms with E-state index in [0.29, 0.717) is 0 Å². The van der Waals surface area contributed by atoms with E-state index in [2.05, 4.69) is 9.47 Å². The van der Waals surface area contributed by atoms with E-state index in [0.717, 1.165) is 0 Å². The first-order chi connectivity index (χ1) is 6.43. The molecule has 2 nitrogen and oxygen atoms in total. The number of alkyl halides is 5. The van der Waals surface area contributed by atoms with Gasteiger partial charge in [-0.25, -0.2) is 8.78 Å². The van der Waals surface area contributed by atoms with Crippen LogP contribution in [0.25, 0.3) is 0 Å². The molecule has 1 heterocycles. The van der Waals surface area contributed by atoms with Crippen molar-refractivity contribution in [2.24, 2.45) is 0 Å². The molecule has 84 valence electrons. The van der Waals surface area contributed by atoms with E-state index in [1.165, 1.54) is 0 Å². The van der Waals surface area contributed by atoms with Crippen molar-refractivity contribution in [3.8, 4) is 0 Å². The zero-order valence-corrected chi connectivity index (χ0v) is 7.06. The third-order valence-electron chi connectivity index (χ3n) is 1.79. The molecule has 0 amide bonds. The van der Waals surface area contributed by atoms with Crippen molar-refractivity contribution >= 4 is 0 Å². The predicted octanol–water partition coefficient (Wildman–Crippen LogP) is 1.64. The Hall–Kier alpha value is -0.430. The molecule has 3 unspecified atom stereocenters. The van der Waals surface area contributed by atoms with Crippen LogP contribution in [0.3, 0.4) is 0 Å². The molecule has 0 radical (unpaired) electrons. The maximum absolute atomic E-state index is 12.9. The fourth-order valence-electron chi connectivity index (χ4n) is 1.06. The molecule has 0 aliphatic carbocycles. The number of halogens is 5. The molecule has 1 fully saturated rings. The Bertz CT molecular complexity index is 177. The highest BCUT2D eigenvalue weighted by molar-refractivity contribution is 4.83. The fourth-order valence-corrected chi connectivity index (χ4v) is 1.06. The Balaban J connectivity index is 2.50. The molecule has 1 aliphatic rings. The molecule has 0 N–H and O–H groups in total. The average molecular weight is 220 g/mol. The van der Waals surface area contributed by atoms with Crippen LogP contribution in [0.1, 0.15) is 0 Å². The van der Waals surface area contributed by atoms with E-state index in [1.54, 1.807) is 0 Å². The largest absolute Gasteiger partial charge is 0.422 e. The van der Waals surface area contributed by atoms with E-state index in [1.807, 2.05) is 0 Å². The highest BCUT2D eigenvalue weighted by atomic mass is 19.4. The first-order valence-electron chi connectivity index (χ1n) is 3.97. The fraction of sp³-hybridized carbons (Fsp3) is 1.00. The van der Waals surface area contributed by atoms with Gasteiger partial charge in [0.15, 0.2) is 6.17 Å². The molecule has 0 bridgehead atoms. The summed E-state index contributed by atoms with van der Waals surface area (Å²) in [6.07, 6.45) is -12.9. The second-order valence-corrected chi connectivity index (χ2v) is 2.87. The van der Waals surface area contributed by atoms with Crippen molar-refractivity contribution in [2.75, 3.05) is 19.8 Å². The molecular formula is C7H9F5O2. The molecule has 3 atom stereocenters. The zero-order chi connectivity index (χ0) is 10.8. The second-order valence-electron chi connectivity index (χ2n) is 2.87. The lowest BCUT2D eigenvalue weighted by atomic mass is 10.1. The minimum atomic E-state index is -5.19. The molecule has 1 aliphatic heterocycles. The van der Waals surface area contributed by atoms with Gasteiger partial charge in [-0.2, -0.15) is 13.2 Å². The van der Waals surface area contributed by atoms with Crippen LogP contribution in [-0.4, -0.2) is 44.4 Å². The van der Waals surface area contributed by atoms with E-state index >= 15 is 0 Å². The van der Waals surface area contributed by atoms with Crippen molar-refractivity contribution < 1.29 is 31.4 Å². The minimum Gasteiger partial charge on any atom is -0.376 e. The normalized spacial score (nSPS) is 28.5. The van der Waals surface area contributed by atoms with Gasteiger partial charge in [-0.3, -0.25) is 0 Å². The van der Waals surface area contributed by atoms with Gasteiger partial charge in [0.1, 0.15) is 6.10 Å². The summed E-state index contributed by atoms with van der Waals surface area (Å²) in [5, 5.41) is 0. The summed E-state index contributed by atoms with van der Waals surface area (Å²) >= 11 is 0. The third kappa shape index (κ3) is 2.78. The van der Waals surface area contributed by atoms with Gasteiger partial charge in [0.2, 0.25) is 6.17 Å². The minimum absolute atomic E-state index is 0.0182. The third-order valence-corrected chi connectivity index (χ3v) is 1.79. The summed E-state index contributed by atoms with van der Waals surface area (Å²) in [5.74, 6) is 0. The molecule has 0 spiro atoms. The first kappa shape index (κ1) is 11.6. The number of hydrogen-bond acceptors (Lipinski definition) is 2. The van der Waals surface area contributed by atoms with Crippen molar-refractivity contribution in [3.05, 3.63) is 0 Å².